The Labute approximate surface area is 68.2 Å². The van der Waals surface area contributed by atoms with Crippen molar-refractivity contribution in [1.29, 1.82) is 0 Å². The molecule has 0 bridgehead atoms. The molecule has 2 heteroatoms. The lowest BCUT2D eigenvalue weighted by Gasteiger charge is -2.31. The molecule has 0 unspecified atom stereocenters. The Hall–Kier alpha value is -0.500. The van der Waals surface area contributed by atoms with Crippen molar-refractivity contribution < 1.29 is 9.47 Å². The standard InChI is InChI=1S/C9H16O2/c1-9(2)6-8(7-10-3)4-5-11-9/h7H,4-6H2,1-3H3/b8-7-. The number of methoxy groups -OCH3 is 1. The molecule has 0 amide bonds. The molecule has 1 rings (SSSR count). The predicted octanol–water partition coefficient (Wildman–Crippen LogP) is 2.11. The summed E-state index contributed by atoms with van der Waals surface area (Å²) in [6, 6.07) is 0. The molecular weight excluding hydrogens is 140 g/mol. The average Bonchev–Trinajstić information content (AvgIpc) is 1.85. The van der Waals surface area contributed by atoms with E-state index in [-0.39, 0.29) is 5.60 Å². The van der Waals surface area contributed by atoms with Gasteiger partial charge in [0.05, 0.1) is 25.6 Å². The van der Waals surface area contributed by atoms with E-state index in [1.54, 1.807) is 7.11 Å². The lowest BCUT2D eigenvalue weighted by molar-refractivity contribution is -0.0342. The maximum absolute atomic E-state index is 5.55. The molecule has 1 heterocycles. The molecule has 64 valence electrons. The van der Waals surface area contributed by atoms with Crippen molar-refractivity contribution in [3.05, 3.63) is 11.8 Å². The largest absolute Gasteiger partial charge is 0.504 e. The smallest absolute Gasteiger partial charge is 0.0818 e. The summed E-state index contributed by atoms with van der Waals surface area (Å²) < 4.78 is 10.5. The Kier molecular flexibility index (Phi) is 2.55. The van der Waals surface area contributed by atoms with Crippen LogP contribution < -0.4 is 0 Å². The zero-order chi connectivity index (χ0) is 8.32. The van der Waals surface area contributed by atoms with Crippen LogP contribution in [0.1, 0.15) is 26.7 Å². The van der Waals surface area contributed by atoms with Gasteiger partial charge in [0.1, 0.15) is 0 Å². The van der Waals surface area contributed by atoms with Gasteiger partial charge in [0.2, 0.25) is 0 Å². The highest BCUT2D eigenvalue weighted by molar-refractivity contribution is 5.05. The molecule has 0 saturated carbocycles. The maximum atomic E-state index is 5.55. The van der Waals surface area contributed by atoms with Gasteiger partial charge in [0, 0.05) is 6.42 Å². The van der Waals surface area contributed by atoms with Crippen molar-refractivity contribution in [3.63, 3.8) is 0 Å². The second-order valence-electron chi connectivity index (χ2n) is 3.55. The molecule has 0 N–H and O–H groups in total. The Morgan fingerprint density at radius 1 is 1.55 bits per heavy atom. The van der Waals surface area contributed by atoms with Crippen LogP contribution in [-0.2, 0) is 9.47 Å². The molecule has 1 aliphatic rings. The van der Waals surface area contributed by atoms with Crippen LogP contribution in [0.25, 0.3) is 0 Å². The van der Waals surface area contributed by atoms with Crippen molar-refractivity contribution in [2.24, 2.45) is 0 Å². The molecule has 1 saturated heterocycles. The van der Waals surface area contributed by atoms with Crippen LogP contribution in [0.2, 0.25) is 0 Å². The third-order valence-electron chi connectivity index (χ3n) is 1.85. The van der Waals surface area contributed by atoms with Crippen molar-refractivity contribution in [2.75, 3.05) is 13.7 Å². The van der Waals surface area contributed by atoms with E-state index in [2.05, 4.69) is 13.8 Å². The van der Waals surface area contributed by atoms with E-state index in [9.17, 15) is 0 Å². The summed E-state index contributed by atoms with van der Waals surface area (Å²) >= 11 is 0. The van der Waals surface area contributed by atoms with Gasteiger partial charge >= 0.3 is 0 Å². The highest BCUT2D eigenvalue weighted by atomic mass is 16.5. The van der Waals surface area contributed by atoms with Crippen LogP contribution in [0, 0.1) is 0 Å². The maximum Gasteiger partial charge on any atom is 0.0818 e. The van der Waals surface area contributed by atoms with Gasteiger partial charge in [-0.1, -0.05) is 0 Å². The summed E-state index contributed by atoms with van der Waals surface area (Å²) in [6.45, 7) is 5.04. The van der Waals surface area contributed by atoms with Crippen LogP contribution in [0.3, 0.4) is 0 Å². The molecule has 0 aromatic rings. The third-order valence-corrected chi connectivity index (χ3v) is 1.85. The molecule has 0 radical (unpaired) electrons. The van der Waals surface area contributed by atoms with Crippen molar-refractivity contribution in [3.8, 4) is 0 Å². The van der Waals surface area contributed by atoms with Gasteiger partial charge in [0.15, 0.2) is 0 Å². The van der Waals surface area contributed by atoms with E-state index in [1.807, 2.05) is 6.26 Å². The van der Waals surface area contributed by atoms with Gasteiger partial charge < -0.3 is 9.47 Å². The first-order chi connectivity index (χ1) is 5.14. The zero-order valence-corrected chi connectivity index (χ0v) is 7.52. The molecule has 2 nitrogen and oxygen atoms in total. The van der Waals surface area contributed by atoms with Crippen molar-refractivity contribution in [1.82, 2.24) is 0 Å². The van der Waals surface area contributed by atoms with Gasteiger partial charge in [-0.2, -0.15) is 0 Å². The average molecular weight is 156 g/mol. The Morgan fingerprint density at radius 3 is 2.82 bits per heavy atom. The second-order valence-corrected chi connectivity index (χ2v) is 3.55. The molecule has 0 spiro atoms. The topological polar surface area (TPSA) is 18.5 Å². The summed E-state index contributed by atoms with van der Waals surface area (Å²) in [5.41, 5.74) is 1.35. The quantitative estimate of drug-likeness (QED) is 0.541. The normalized spacial score (nSPS) is 27.0. The molecular formula is C9H16O2. The fraction of sp³-hybridized carbons (Fsp3) is 0.778. The lowest BCUT2D eigenvalue weighted by Crippen LogP contribution is -2.30. The number of rotatable bonds is 1. The first kappa shape index (κ1) is 8.60. The number of hydrogen-bond donors (Lipinski definition) is 0. The van der Waals surface area contributed by atoms with Crippen LogP contribution in [0.5, 0.6) is 0 Å². The Balaban J connectivity index is 2.53. The van der Waals surface area contributed by atoms with E-state index in [1.165, 1.54) is 5.57 Å². The molecule has 0 atom stereocenters. The van der Waals surface area contributed by atoms with Crippen molar-refractivity contribution >= 4 is 0 Å². The monoisotopic (exact) mass is 156 g/mol. The van der Waals surface area contributed by atoms with E-state index >= 15 is 0 Å². The minimum absolute atomic E-state index is 0.00259. The van der Waals surface area contributed by atoms with Gasteiger partial charge in [-0.25, -0.2) is 0 Å². The second kappa shape index (κ2) is 3.26. The number of ether oxygens (including phenoxy) is 2. The fourth-order valence-electron chi connectivity index (χ4n) is 1.41. The van der Waals surface area contributed by atoms with E-state index < -0.39 is 0 Å². The summed E-state index contributed by atoms with van der Waals surface area (Å²) in [6.07, 6.45) is 3.84. The molecule has 0 aromatic carbocycles. The summed E-state index contributed by atoms with van der Waals surface area (Å²) in [4.78, 5) is 0. The van der Waals surface area contributed by atoms with Gasteiger partial charge in [0.25, 0.3) is 0 Å². The van der Waals surface area contributed by atoms with Gasteiger partial charge in [-0.3, -0.25) is 0 Å². The fourth-order valence-corrected chi connectivity index (χ4v) is 1.41. The van der Waals surface area contributed by atoms with E-state index in [0.717, 1.165) is 19.4 Å². The Bertz CT molecular complexity index is 159. The highest BCUT2D eigenvalue weighted by Gasteiger charge is 2.24. The first-order valence-electron chi connectivity index (χ1n) is 3.99. The summed E-state index contributed by atoms with van der Waals surface area (Å²) in [7, 11) is 1.69. The predicted molar refractivity (Wildman–Crippen MR) is 44.4 cm³/mol. The van der Waals surface area contributed by atoms with E-state index in [0.29, 0.717) is 0 Å². The zero-order valence-electron chi connectivity index (χ0n) is 7.52. The summed E-state index contributed by atoms with van der Waals surface area (Å²) in [5.74, 6) is 0. The third kappa shape index (κ3) is 2.54. The van der Waals surface area contributed by atoms with Gasteiger partial charge in [-0.05, 0) is 25.8 Å². The van der Waals surface area contributed by atoms with Crippen LogP contribution in [0.15, 0.2) is 11.8 Å². The van der Waals surface area contributed by atoms with Crippen molar-refractivity contribution in [2.45, 2.75) is 32.3 Å². The lowest BCUT2D eigenvalue weighted by atomic mass is 9.94. The summed E-state index contributed by atoms with van der Waals surface area (Å²) in [5, 5.41) is 0. The SMILES string of the molecule is CO/C=C1/CCOC(C)(C)C1. The highest BCUT2D eigenvalue weighted by Crippen LogP contribution is 2.27. The minimum atomic E-state index is 0.00259. The molecule has 0 aromatic heterocycles. The van der Waals surface area contributed by atoms with Crippen LogP contribution in [-0.4, -0.2) is 19.3 Å². The number of hydrogen-bond acceptors (Lipinski definition) is 2. The van der Waals surface area contributed by atoms with Gasteiger partial charge in [-0.15, -0.1) is 0 Å². The molecule has 1 fully saturated rings. The first-order valence-corrected chi connectivity index (χ1v) is 3.99. The molecule has 11 heavy (non-hydrogen) atoms. The van der Waals surface area contributed by atoms with E-state index in [4.69, 9.17) is 9.47 Å². The molecule has 1 aliphatic heterocycles. The Morgan fingerprint density at radius 2 is 2.27 bits per heavy atom. The minimum Gasteiger partial charge on any atom is -0.504 e. The molecule has 0 aliphatic carbocycles. The van der Waals surface area contributed by atoms with Crippen LogP contribution in [0.4, 0.5) is 0 Å². The van der Waals surface area contributed by atoms with Crippen LogP contribution >= 0.6 is 0 Å².